The molecule has 0 atom stereocenters. The predicted octanol–water partition coefficient (Wildman–Crippen LogP) is 5.01. The number of nitrogens with one attached hydrogen (secondary N) is 1. The number of rotatable bonds is 5. The summed E-state index contributed by atoms with van der Waals surface area (Å²) in [7, 11) is 0. The van der Waals surface area contributed by atoms with Gasteiger partial charge in [0.25, 0.3) is 5.91 Å². The summed E-state index contributed by atoms with van der Waals surface area (Å²) < 4.78 is 6.82. The van der Waals surface area contributed by atoms with Crippen LogP contribution in [-0.4, -0.2) is 25.8 Å². The molecule has 8 heteroatoms. The summed E-state index contributed by atoms with van der Waals surface area (Å²) in [6, 6.07) is 13.1. The van der Waals surface area contributed by atoms with Gasteiger partial charge < -0.3 is 9.84 Å². The first-order valence-corrected chi connectivity index (χ1v) is 9.89. The van der Waals surface area contributed by atoms with Gasteiger partial charge in [0.15, 0.2) is 0 Å². The Morgan fingerprint density at radius 3 is 2.60 bits per heavy atom. The number of carbonyl (C=O) groups excluding carboxylic acids is 1. The van der Waals surface area contributed by atoms with Crippen LogP contribution in [0.25, 0.3) is 17.1 Å². The number of hydrogen-bond donors (Lipinski definition) is 1. The van der Waals surface area contributed by atoms with Gasteiger partial charge in [-0.2, -0.15) is 10.1 Å². The van der Waals surface area contributed by atoms with E-state index in [1.165, 1.54) is 0 Å². The molecular formula is C22H20ClN5O2. The predicted molar refractivity (Wildman–Crippen MR) is 115 cm³/mol. The Morgan fingerprint density at radius 1 is 1.17 bits per heavy atom. The van der Waals surface area contributed by atoms with Crippen molar-refractivity contribution in [2.75, 3.05) is 5.32 Å². The molecule has 30 heavy (non-hydrogen) atoms. The van der Waals surface area contributed by atoms with Gasteiger partial charge in [-0.05, 0) is 55.8 Å². The highest BCUT2D eigenvalue weighted by Gasteiger charge is 2.16. The maximum Gasteiger partial charge on any atom is 0.259 e. The minimum atomic E-state index is -0.264. The van der Waals surface area contributed by atoms with Crippen LogP contribution in [0, 0.1) is 13.8 Å². The lowest BCUT2D eigenvalue weighted by atomic mass is 10.2. The van der Waals surface area contributed by atoms with Crippen LogP contribution in [0.2, 0.25) is 5.02 Å². The number of halogens is 1. The molecular weight excluding hydrogens is 402 g/mol. The van der Waals surface area contributed by atoms with E-state index in [1.54, 1.807) is 23.9 Å². The molecule has 2 aromatic carbocycles. The van der Waals surface area contributed by atoms with Crippen LogP contribution >= 0.6 is 11.6 Å². The molecule has 0 aliphatic heterocycles. The van der Waals surface area contributed by atoms with Gasteiger partial charge in [0.2, 0.25) is 11.7 Å². The quantitative estimate of drug-likeness (QED) is 0.489. The van der Waals surface area contributed by atoms with Crippen LogP contribution in [0.3, 0.4) is 0 Å². The fourth-order valence-corrected chi connectivity index (χ4v) is 3.29. The summed E-state index contributed by atoms with van der Waals surface area (Å²) in [6.45, 7) is 5.70. The standard InChI is InChI=1S/C22H20ClN5O2/c1-4-20-25-21(27-30-20)15-6-8-16(9-7-15)28-12-17(14(3)26-28)22(29)24-19-10-5-13(2)11-18(19)23/h5-12H,4H2,1-3H3,(H,24,29). The van der Waals surface area contributed by atoms with Gasteiger partial charge in [0, 0.05) is 18.2 Å². The third-order valence-corrected chi connectivity index (χ3v) is 4.99. The van der Waals surface area contributed by atoms with Crippen molar-refractivity contribution < 1.29 is 9.32 Å². The molecule has 4 aromatic rings. The first-order chi connectivity index (χ1) is 14.4. The van der Waals surface area contributed by atoms with Crippen LogP contribution in [-0.2, 0) is 6.42 Å². The molecule has 0 radical (unpaired) electrons. The minimum Gasteiger partial charge on any atom is -0.339 e. The Kier molecular flexibility index (Phi) is 5.37. The van der Waals surface area contributed by atoms with E-state index in [0.717, 1.165) is 16.8 Å². The maximum absolute atomic E-state index is 12.7. The average Bonchev–Trinajstić information content (AvgIpc) is 3.37. The summed E-state index contributed by atoms with van der Waals surface area (Å²) in [5.41, 5.74) is 4.34. The summed E-state index contributed by atoms with van der Waals surface area (Å²) in [6.07, 6.45) is 2.39. The first-order valence-electron chi connectivity index (χ1n) is 9.51. The van der Waals surface area contributed by atoms with Gasteiger partial charge in [0.05, 0.1) is 27.7 Å². The lowest BCUT2D eigenvalue weighted by Crippen LogP contribution is -2.12. The maximum atomic E-state index is 12.7. The van der Waals surface area contributed by atoms with Crippen molar-refractivity contribution in [3.63, 3.8) is 0 Å². The Balaban J connectivity index is 1.55. The number of carbonyl (C=O) groups is 1. The second-order valence-corrected chi connectivity index (χ2v) is 7.33. The smallest absolute Gasteiger partial charge is 0.259 e. The van der Waals surface area contributed by atoms with E-state index in [4.69, 9.17) is 16.1 Å². The Hall–Kier alpha value is -3.45. The lowest BCUT2D eigenvalue weighted by molar-refractivity contribution is 0.102. The number of aryl methyl sites for hydroxylation is 3. The van der Waals surface area contributed by atoms with E-state index < -0.39 is 0 Å². The normalized spacial score (nSPS) is 10.9. The van der Waals surface area contributed by atoms with Gasteiger partial charge in [-0.25, -0.2) is 4.68 Å². The van der Waals surface area contributed by atoms with E-state index in [9.17, 15) is 4.79 Å². The number of anilines is 1. The highest BCUT2D eigenvalue weighted by molar-refractivity contribution is 6.34. The molecule has 0 aliphatic carbocycles. The molecule has 0 aliphatic rings. The summed E-state index contributed by atoms with van der Waals surface area (Å²) in [4.78, 5) is 17.1. The van der Waals surface area contributed by atoms with Gasteiger partial charge >= 0.3 is 0 Å². The van der Waals surface area contributed by atoms with E-state index >= 15 is 0 Å². The minimum absolute atomic E-state index is 0.264. The molecule has 2 heterocycles. The van der Waals surface area contributed by atoms with E-state index in [2.05, 4.69) is 20.6 Å². The fourth-order valence-electron chi connectivity index (χ4n) is 3.01. The molecule has 7 nitrogen and oxygen atoms in total. The molecule has 0 fully saturated rings. The third-order valence-electron chi connectivity index (χ3n) is 4.68. The molecule has 1 N–H and O–H groups in total. The molecule has 1 amide bonds. The van der Waals surface area contributed by atoms with Gasteiger partial charge in [-0.1, -0.05) is 29.7 Å². The molecule has 0 saturated heterocycles. The van der Waals surface area contributed by atoms with E-state index in [0.29, 0.717) is 40.1 Å². The second kappa shape index (κ2) is 8.12. The van der Waals surface area contributed by atoms with Crippen LogP contribution in [0.15, 0.2) is 53.2 Å². The highest BCUT2D eigenvalue weighted by atomic mass is 35.5. The zero-order valence-corrected chi connectivity index (χ0v) is 17.6. The number of amides is 1. The molecule has 0 saturated carbocycles. The van der Waals surface area contributed by atoms with Crippen LogP contribution in [0.5, 0.6) is 0 Å². The van der Waals surface area contributed by atoms with Gasteiger partial charge in [-0.3, -0.25) is 4.79 Å². The monoisotopic (exact) mass is 421 g/mol. The van der Waals surface area contributed by atoms with Crippen LogP contribution in [0.4, 0.5) is 5.69 Å². The molecule has 0 unspecified atom stereocenters. The summed E-state index contributed by atoms with van der Waals surface area (Å²) in [5.74, 6) is 0.881. The zero-order valence-electron chi connectivity index (χ0n) is 16.8. The molecule has 152 valence electrons. The van der Waals surface area contributed by atoms with Gasteiger partial charge in [-0.15, -0.1) is 0 Å². The number of benzene rings is 2. The van der Waals surface area contributed by atoms with E-state index in [-0.39, 0.29) is 5.91 Å². The van der Waals surface area contributed by atoms with Crippen molar-refractivity contribution in [2.45, 2.75) is 27.2 Å². The Morgan fingerprint density at radius 2 is 1.93 bits per heavy atom. The molecule has 0 bridgehead atoms. The first kappa shape index (κ1) is 19.8. The Bertz CT molecular complexity index is 1210. The number of hydrogen-bond acceptors (Lipinski definition) is 5. The van der Waals surface area contributed by atoms with Crippen molar-refractivity contribution in [1.29, 1.82) is 0 Å². The second-order valence-electron chi connectivity index (χ2n) is 6.92. The van der Waals surface area contributed by atoms with Crippen molar-refractivity contribution in [3.05, 3.63) is 76.4 Å². The summed E-state index contributed by atoms with van der Waals surface area (Å²) in [5, 5.41) is 11.8. The topological polar surface area (TPSA) is 85.8 Å². The lowest BCUT2D eigenvalue weighted by Gasteiger charge is -2.07. The molecule has 0 spiro atoms. The van der Waals surface area contributed by atoms with Crippen molar-refractivity contribution in [2.24, 2.45) is 0 Å². The van der Waals surface area contributed by atoms with Crippen molar-refractivity contribution in [1.82, 2.24) is 19.9 Å². The Labute approximate surface area is 178 Å². The van der Waals surface area contributed by atoms with Crippen molar-refractivity contribution >= 4 is 23.2 Å². The molecule has 2 aromatic heterocycles. The number of nitrogens with zero attached hydrogens (tertiary/aromatic N) is 4. The van der Waals surface area contributed by atoms with E-state index in [1.807, 2.05) is 50.2 Å². The highest BCUT2D eigenvalue weighted by Crippen LogP contribution is 2.24. The average molecular weight is 422 g/mol. The summed E-state index contributed by atoms with van der Waals surface area (Å²) >= 11 is 6.23. The van der Waals surface area contributed by atoms with Crippen LogP contribution < -0.4 is 5.32 Å². The van der Waals surface area contributed by atoms with Crippen molar-refractivity contribution in [3.8, 4) is 17.1 Å². The third kappa shape index (κ3) is 3.97. The van der Waals surface area contributed by atoms with Crippen LogP contribution in [0.1, 0.15) is 34.4 Å². The fraction of sp³-hybridized carbons (Fsp3) is 0.182. The number of aromatic nitrogens is 4. The molecule has 4 rings (SSSR count). The SMILES string of the molecule is CCc1nc(-c2ccc(-n3cc(C(=O)Nc4ccc(C)cc4Cl)c(C)n3)cc2)no1. The largest absolute Gasteiger partial charge is 0.339 e. The zero-order chi connectivity index (χ0) is 21.3. The van der Waals surface area contributed by atoms with Gasteiger partial charge in [0.1, 0.15) is 0 Å².